The maximum absolute atomic E-state index is 12.6. The van der Waals surface area contributed by atoms with Gasteiger partial charge in [0.1, 0.15) is 0 Å². The van der Waals surface area contributed by atoms with E-state index in [1.807, 2.05) is 12.1 Å². The van der Waals surface area contributed by atoms with Crippen LogP contribution >= 0.6 is 11.6 Å². The number of Topliss-reactive ketones (excluding diaryl/α,β-unsaturated/α-hetero) is 1. The number of nitrogens with one attached hydrogen (secondary N) is 1. The standard InChI is InChI=1S/C20H23ClN2O4S/c1-15(24)17-8-10-19(11-9-17)28(26,27)23(2)12-4-7-20(25)22-14-16-5-3-6-18(21)13-16/h3,5-6,8-11,13H,4,7,12,14H2,1-2H3,(H,22,25). The van der Waals surface area contributed by atoms with Crippen LogP contribution in [0, 0.1) is 0 Å². The summed E-state index contributed by atoms with van der Waals surface area (Å²) < 4.78 is 26.3. The lowest BCUT2D eigenvalue weighted by atomic mass is 10.2. The van der Waals surface area contributed by atoms with E-state index >= 15 is 0 Å². The molecule has 0 saturated heterocycles. The van der Waals surface area contributed by atoms with Gasteiger partial charge in [-0.15, -0.1) is 0 Å². The van der Waals surface area contributed by atoms with Gasteiger partial charge in [-0.05, 0) is 43.2 Å². The second-order valence-corrected chi connectivity index (χ2v) is 8.90. The third-order valence-corrected chi connectivity index (χ3v) is 6.33. The summed E-state index contributed by atoms with van der Waals surface area (Å²) in [6, 6.07) is 13.0. The average Bonchev–Trinajstić information content (AvgIpc) is 2.66. The van der Waals surface area contributed by atoms with Crippen LogP contribution in [0.25, 0.3) is 0 Å². The van der Waals surface area contributed by atoms with Gasteiger partial charge in [-0.3, -0.25) is 9.59 Å². The van der Waals surface area contributed by atoms with Crippen molar-refractivity contribution >= 4 is 33.3 Å². The van der Waals surface area contributed by atoms with Crippen LogP contribution in [0.15, 0.2) is 53.4 Å². The molecule has 1 N–H and O–H groups in total. The van der Waals surface area contributed by atoms with Gasteiger partial charge in [0.15, 0.2) is 5.78 Å². The van der Waals surface area contributed by atoms with Gasteiger partial charge >= 0.3 is 0 Å². The van der Waals surface area contributed by atoms with Gasteiger partial charge in [-0.1, -0.05) is 35.9 Å². The fourth-order valence-corrected chi connectivity index (χ4v) is 3.98. The van der Waals surface area contributed by atoms with Gasteiger partial charge in [0, 0.05) is 37.1 Å². The van der Waals surface area contributed by atoms with E-state index in [0.29, 0.717) is 23.6 Å². The molecule has 0 atom stereocenters. The lowest BCUT2D eigenvalue weighted by Crippen LogP contribution is -2.29. The number of ketones is 1. The molecule has 0 saturated carbocycles. The molecule has 2 aromatic rings. The molecule has 0 unspecified atom stereocenters. The first-order valence-electron chi connectivity index (χ1n) is 8.78. The Morgan fingerprint density at radius 1 is 1.11 bits per heavy atom. The lowest BCUT2D eigenvalue weighted by Gasteiger charge is -2.17. The first kappa shape index (κ1) is 22.1. The van der Waals surface area contributed by atoms with E-state index in [-0.39, 0.29) is 29.6 Å². The SMILES string of the molecule is CC(=O)c1ccc(S(=O)(=O)N(C)CCCC(=O)NCc2cccc(Cl)c2)cc1. The second kappa shape index (κ2) is 9.82. The minimum Gasteiger partial charge on any atom is -0.352 e. The molecule has 0 bridgehead atoms. The van der Waals surface area contributed by atoms with E-state index in [9.17, 15) is 18.0 Å². The normalized spacial score (nSPS) is 11.4. The number of sulfonamides is 1. The van der Waals surface area contributed by atoms with Crippen molar-refractivity contribution in [3.05, 3.63) is 64.7 Å². The number of hydrogen-bond donors (Lipinski definition) is 1. The first-order chi connectivity index (χ1) is 13.2. The largest absolute Gasteiger partial charge is 0.352 e. The zero-order valence-corrected chi connectivity index (χ0v) is 17.4. The Bertz CT molecular complexity index is 943. The molecule has 0 radical (unpaired) electrons. The molecule has 2 rings (SSSR count). The molecule has 1 amide bonds. The number of carbonyl (C=O) groups is 2. The lowest BCUT2D eigenvalue weighted by molar-refractivity contribution is -0.121. The van der Waals surface area contributed by atoms with Gasteiger partial charge in [-0.2, -0.15) is 0 Å². The Balaban J connectivity index is 1.82. The van der Waals surface area contributed by atoms with Crippen molar-refractivity contribution in [3.63, 3.8) is 0 Å². The van der Waals surface area contributed by atoms with Crippen LogP contribution in [0.5, 0.6) is 0 Å². The Morgan fingerprint density at radius 2 is 1.79 bits per heavy atom. The Morgan fingerprint density at radius 3 is 2.39 bits per heavy atom. The van der Waals surface area contributed by atoms with Crippen LogP contribution < -0.4 is 5.32 Å². The third kappa shape index (κ3) is 6.15. The second-order valence-electron chi connectivity index (χ2n) is 6.42. The van der Waals surface area contributed by atoms with E-state index in [0.717, 1.165) is 5.56 Å². The minimum atomic E-state index is -3.66. The Hall–Kier alpha value is -2.22. The van der Waals surface area contributed by atoms with Crippen molar-refractivity contribution in [3.8, 4) is 0 Å². The van der Waals surface area contributed by atoms with Crippen LogP contribution in [0.1, 0.15) is 35.7 Å². The zero-order valence-electron chi connectivity index (χ0n) is 15.8. The fraction of sp³-hybridized carbons (Fsp3) is 0.300. The van der Waals surface area contributed by atoms with Gasteiger partial charge in [0.05, 0.1) is 4.90 Å². The van der Waals surface area contributed by atoms with Crippen LogP contribution in [0.2, 0.25) is 5.02 Å². The van der Waals surface area contributed by atoms with E-state index in [2.05, 4.69) is 5.32 Å². The molecule has 8 heteroatoms. The molecule has 150 valence electrons. The third-order valence-electron chi connectivity index (χ3n) is 4.22. The summed E-state index contributed by atoms with van der Waals surface area (Å²) in [4.78, 5) is 23.4. The number of rotatable bonds is 9. The monoisotopic (exact) mass is 422 g/mol. The zero-order chi connectivity index (χ0) is 20.7. The maximum Gasteiger partial charge on any atom is 0.242 e. The average molecular weight is 423 g/mol. The fourth-order valence-electron chi connectivity index (χ4n) is 2.56. The summed E-state index contributed by atoms with van der Waals surface area (Å²) in [5.41, 5.74) is 1.35. The number of nitrogens with zero attached hydrogens (tertiary/aromatic N) is 1. The van der Waals surface area contributed by atoms with Crippen LogP contribution in [-0.4, -0.2) is 38.0 Å². The summed E-state index contributed by atoms with van der Waals surface area (Å²) in [5, 5.41) is 3.40. The number of amides is 1. The highest BCUT2D eigenvalue weighted by molar-refractivity contribution is 7.89. The summed E-state index contributed by atoms with van der Waals surface area (Å²) in [7, 11) is -2.19. The number of benzene rings is 2. The van der Waals surface area contributed by atoms with E-state index in [1.165, 1.54) is 42.5 Å². The molecule has 2 aromatic carbocycles. The van der Waals surface area contributed by atoms with E-state index < -0.39 is 10.0 Å². The summed E-state index contributed by atoms with van der Waals surface area (Å²) in [5.74, 6) is -0.280. The number of carbonyl (C=O) groups excluding carboxylic acids is 2. The first-order valence-corrected chi connectivity index (χ1v) is 10.6. The van der Waals surface area contributed by atoms with Gasteiger partial charge in [0.2, 0.25) is 15.9 Å². The van der Waals surface area contributed by atoms with Crippen molar-refractivity contribution in [2.45, 2.75) is 31.2 Å². The molecule has 0 aliphatic rings. The van der Waals surface area contributed by atoms with Crippen molar-refractivity contribution in [1.29, 1.82) is 0 Å². The van der Waals surface area contributed by atoms with Crippen LogP contribution in [0.3, 0.4) is 0 Å². The molecule has 0 heterocycles. The summed E-state index contributed by atoms with van der Waals surface area (Å²) in [6.07, 6.45) is 0.604. The molecular weight excluding hydrogens is 400 g/mol. The predicted octanol–water partition coefficient (Wildman–Crippen LogP) is 3.26. The summed E-state index contributed by atoms with van der Waals surface area (Å²) in [6.45, 7) is 2.00. The smallest absolute Gasteiger partial charge is 0.242 e. The van der Waals surface area contributed by atoms with Crippen molar-refractivity contribution in [2.75, 3.05) is 13.6 Å². The van der Waals surface area contributed by atoms with Crippen molar-refractivity contribution < 1.29 is 18.0 Å². The highest BCUT2D eigenvalue weighted by Crippen LogP contribution is 2.16. The van der Waals surface area contributed by atoms with Gasteiger partial charge in [0.25, 0.3) is 0 Å². The minimum absolute atomic E-state index is 0.116. The molecule has 6 nitrogen and oxygen atoms in total. The Kier molecular flexibility index (Phi) is 7.74. The van der Waals surface area contributed by atoms with E-state index in [1.54, 1.807) is 12.1 Å². The van der Waals surface area contributed by atoms with Gasteiger partial charge < -0.3 is 5.32 Å². The molecule has 0 aliphatic carbocycles. The van der Waals surface area contributed by atoms with Crippen LogP contribution in [0.4, 0.5) is 0 Å². The van der Waals surface area contributed by atoms with Gasteiger partial charge in [-0.25, -0.2) is 12.7 Å². The highest BCUT2D eigenvalue weighted by Gasteiger charge is 2.20. The molecule has 0 aromatic heterocycles. The summed E-state index contributed by atoms with van der Waals surface area (Å²) >= 11 is 5.90. The van der Waals surface area contributed by atoms with Crippen molar-refractivity contribution in [2.24, 2.45) is 0 Å². The molecule has 0 fully saturated rings. The molecule has 28 heavy (non-hydrogen) atoms. The number of hydrogen-bond acceptors (Lipinski definition) is 4. The molecular formula is C20H23ClN2O4S. The van der Waals surface area contributed by atoms with Crippen molar-refractivity contribution in [1.82, 2.24) is 9.62 Å². The predicted molar refractivity (Wildman–Crippen MR) is 109 cm³/mol. The Labute approximate surface area is 170 Å². The quantitative estimate of drug-likeness (QED) is 0.628. The molecule has 0 aliphatic heterocycles. The van der Waals surface area contributed by atoms with Crippen LogP contribution in [-0.2, 0) is 21.4 Å². The molecule has 0 spiro atoms. The topological polar surface area (TPSA) is 83.6 Å². The van der Waals surface area contributed by atoms with E-state index in [4.69, 9.17) is 11.6 Å². The number of halogens is 1. The maximum atomic E-state index is 12.6. The highest BCUT2D eigenvalue weighted by atomic mass is 35.5.